The van der Waals surface area contributed by atoms with Crippen LogP contribution in [0.25, 0.3) is 0 Å². The molecule has 0 bridgehead atoms. The molecule has 1 unspecified atom stereocenters. The summed E-state index contributed by atoms with van der Waals surface area (Å²) in [5, 5.41) is 3.27. The van der Waals surface area contributed by atoms with Crippen LogP contribution in [0.5, 0.6) is 0 Å². The lowest BCUT2D eigenvalue weighted by atomic mass is 9.97. The van der Waals surface area contributed by atoms with Gasteiger partial charge in [-0.3, -0.25) is 0 Å². The molecule has 1 N–H and O–H groups in total. The molecule has 0 aliphatic heterocycles. The summed E-state index contributed by atoms with van der Waals surface area (Å²) in [4.78, 5) is 0. The maximum Gasteiger partial charge on any atom is 0.128 e. The Balaban J connectivity index is 2.30. The molecule has 2 aromatic rings. The van der Waals surface area contributed by atoms with Crippen LogP contribution < -0.4 is 5.32 Å². The summed E-state index contributed by atoms with van der Waals surface area (Å²) >= 11 is 3.29. The first kappa shape index (κ1) is 16.1. The van der Waals surface area contributed by atoms with Crippen LogP contribution in [0, 0.1) is 18.6 Å². The van der Waals surface area contributed by atoms with Gasteiger partial charge in [0.1, 0.15) is 11.6 Å². The molecule has 0 amide bonds. The van der Waals surface area contributed by atoms with Gasteiger partial charge in [-0.15, -0.1) is 0 Å². The van der Waals surface area contributed by atoms with Gasteiger partial charge in [0.2, 0.25) is 0 Å². The van der Waals surface area contributed by atoms with Crippen molar-refractivity contribution < 1.29 is 8.78 Å². The Morgan fingerprint density at radius 3 is 2.52 bits per heavy atom. The van der Waals surface area contributed by atoms with Crippen molar-refractivity contribution in [3.05, 3.63) is 69.2 Å². The number of hydrogen-bond acceptors (Lipinski definition) is 1. The van der Waals surface area contributed by atoms with E-state index >= 15 is 0 Å². The molecular formula is C17H18BrF2N. The predicted molar refractivity (Wildman–Crippen MR) is 85.4 cm³/mol. The van der Waals surface area contributed by atoms with Crippen molar-refractivity contribution in [3.8, 4) is 0 Å². The fraction of sp³-hybridized carbons (Fsp3) is 0.294. The number of hydrogen-bond donors (Lipinski definition) is 1. The third-order valence-corrected chi connectivity index (χ3v) is 3.80. The van der Waals surface area contributed by atoms with E-state index in [-0.39, 0.29) is 17.7 Å². The monoisotopic (exact) mass is 353 g/mol. The number of benzene rings is 2. The zero-order valence-electron chi connectivity index (χ0n) is 12.1. The molecule has 0 fully saturated rings. The van der Waals surface area contributed by atoms with E-state index in [1.807, 2.05) is 26.0 Å². The van der Waals surface area contributed by atoms with Crippen LogP contribution >= 0.6 is 15.9 Å². The van der Waals surface area contributed by atoms with Gasteiger partial charge < -0.3 is 5.32 Å². The van der Waals surface area contributed by atoms with Gasteiger partial charge in [0, 0.05) is 16.1 Å². The Hall–Kier alpha value is -1.26. The molecular weight excluding hydrogens is 336 g/mol. The van der Waals surface area contributed by atoms with Crippen molar-refractivity contribution in [2.45, 2.75) is 26.3 Å². The summed E-state index contributed by atoms with van der Waals surface area (Å²) in [6.07, 6.45) is 0.532. The van der Waals surface area contributed by atoms with Gasteiger partial charge in [-0.1, -0.05) is 35.0 Å². The number of aryl methyl sites for hydroxylation is 1. The molecule has 0 aliphatic carbocycles. The zero-order valence-corrected chi connectivity index (χ0v) is 13.7. The summed E-state index contributed by atoms with van der Waals surface area (Å²) in [5.41, 5.74) is 2.33. The Bertz CT molecular complexity index is 608. The molecule has 1 atom stereocenters. The molecule has 112 valence electrons. The molecule has 0 saturated carbocycles. The normalized spacial score (nSPS) is 12.4. The molecule has 21 heavy (non-hydrogen) atoms. The molecule has 0 aromatic heterocycles. The second-order valence-corrected chi connectivity index (χ2v) is 6.03. The van der Waals surface area contributed by atoms with Crippen LogP contribution in [0.15, 0.2) is 40.9 Å². The van der Waals surface area contributed by atoms with Gasteiger partial charge in [0.15, 0.2) is 0 Å². The van der Waals surface area contributed by atoms with Crippen LogP contribution in [0.1, 0.15) is 29.7 Å². The number of rotatable bonds is 5. The third-order valence-electron chi connectivity index (χ3n) is 3.34. The SMILES string of the molecule is CCNC(Cc1cc(F)cc(Br)c1)c1ccc(C)cc1F. The lowest BCUT2D eigenvalue weighted by Gasteiger charge is -2.19. The van der Waals surface area contributed by atoms with Gasteiger partial charge in [-0.25, -0.2) is 8.78 Å². The summed E-state index contributed by atoms with van der Waals surface area (Å²) in [7, 11) is 0. The highest BCUT2D eigenvalue weighted by Crippen LogP contribution is 2.24. The first-order valence-electron chi connectivity index (χ1n) is 6.94. The van der Waals surface area contributed by atoms with Crippen molar-refractivity contribution in [1.29, 1.82) is 0 Å². The van der Waals surface area contributed by atoms with Crippen LogP contribution in [-0.2, 0) is 6.42 Å². The van der Waals surface area contributed by atoms with Crippen LogP contribution in [0.2, 0.25) is 0 Å². The standard InChI is InChI=1S/C17H18BrF2N/c1-3-21-17(15-5-4-11(2)6-16(15)20)9-12-7-13(18)10-14(19)8-12/h4-8,10,17,21H,3,9H2,1-2H3. The number of nitrogens with one attached hydrogen (secondary N) is 1. The Morgan fingerprint density at radius 2 is 1.90 bits per heavy atom. The molecule has 2 rings (SSSR count). The maximum absolute atomic E-state index is 14.2. The smallest absolute Gasteiger partial charge is 0.128 e. The molecule has 0 heterocycles. The molecule has 0 radical (unpaired) electrons. The highest BCUT2D eigenvalue weighted by molar-refractivity contribution is 9.10. The first-order chi connectivity index (χ1) is 9.99. The lowest BCUT2D eigenvalue weighted by molar-refractivity contribution is 0.508. The van der Waals surface area contributed by atoms with E-state index in [2.05, 4.69) is 21.2 Å². The van der Waals surface area contributed by atoms with Gasteiger partial charge in [-0.2, -0.15) is 0 Å². The molecule has 0 spiro atoms. The topological polar surface area (TPSA) is 12.0 Å². The second kappa shape index (κ2) is 7.14. The van der Waals surface area contributed by atoms with Crippen LogP contribution in [0.4, 0.5) is 8.78 Å². The van der Waals surface area contributed by atoms with Gasteiger partial charge in [-0.05, 0) is 55.3 Å². The Kier molecular flexibility index (Phi) is 5.48. The van der Waals surface area contributed by atoms with E-state index in [0.717, 1.165) is 11.1 Å². The summed E-state index contributed by atoms with van der Waals surface area (Å²) in [6.45, 7) is 4.55. The van der Waals surface area contributed by atoms with E-state index < -0.39 is 0 Å². The summed E-state index contributed by atoms with van der Waals surface area (Å²) < 4.78 is 28.3. The minimum atomic E-state index is -0.293. The number of halogens is 3. The molecule has 0 saturated heterocycles. The molecule has 2 aromatic carbocycles. The van der Waals surface area contributed by atoms with E-state index in [9.17, 15) is 8.78 Å². The first-order valence-corrected chi connectivity index (χ1v) is 7.73. The summed E-state index contributed by atoms with van der Waals surface area (Å²) in [6, 6.07) is 9.81. The fourth-order valence-corrected chi connectivity index (χ4v) is 2.93. The molecule has 0 aliphatic rings. The Morgan fingerprint density at radius 1 is 1.14 bits per heavy atom. The highest BCUT2D eigenvalue weighted by atomic mass is 79.9. The summed E-state index contributed by atoms with van der Waals surface area (Å²) in [5.74, 6) is -0.518. The average molecular weight is 354 g/mol. The van der Waals surface area contributed by atoms with Gasteiger partial charge >= 0.3 is 0 Å². The van der Waals surface area contributed by atoms with Crippen molar-refractivity contribution in [3.63, 3.8) is 0 Å². The van der Waals surface area contributed by atoms with Crippen molar-refractivity contribution in [1.82, 2.24) is 5.32 Å². The highest BCUT2D eigenvalue weighted by Gasteiger charge is 2.16. The fourth-order valence-electron chi connectivity index (χ4n) is 2.42. The Labute approximate surface area is 132 Å². The minimum absolute atomic E-state index is 0.177. The second-order valence-electron chi connectivity index (χ2n) is 5.12. The van der Waals surface area contributed by atoms with Gasteiger partial charge in [0.25, 0.3) is 0 Å². The van der Waals surface area contributed by atoms with Gasteiger partial charge in [0.05, 0.1) is 0 Å². The quantitative estimate of drug-likeness (QED) is 0.803. The van der Waals surface area contributed by atoms with E-state index in [1.165, 1.54) is 18.2 Å². The van der Waals surface area contributed by atoms with E-state index in [4.69, 9.17) is 0 Å². The van der Waals surface area contributed by atoms with Crippen molar-refractivity contribution in [2.75, 3.05) is 6.54 Å². The lowest BCUT2D eigenvalue weighted by Crippen LogP contribution is -2.24. The molecule has 1 nitrogen and oxygen atoms in total. The van der Waals surface area contributed by atoms with Crippen molar-refractivity contribution >= 4 is 15.9 Å². The molecule has 4 heteroatoms. The van der Waals surface area contributed by atoms with E-state index in [0.29, 0.717) is 23.0 Å². The predicted octanol–water partition coefficient (Wildman–Crippen LogP) is 4.93. The average Bonchev–Trinajstić information content (AvgIpc) is 2.37. The third kappa shape index (κ3) is 4.35. The largest absolute Gasteiger partial charge is 0.310 e. The van der Waals surface area contributed by atoms with E-state index in [1.54, 1.807) is 6.07 Å². The number of likely N-dealkylation sites (N-methyl/N-ethyl adjacent to an activating group) is 1. The minimum Gasteiger partial charge on any atom is -0.310 e. The maximum atomic E-state index is 14.2. The zero-order chi connectivity index (χ0) is 15.4. The van der Waals surface area contributed by atoms with Crippen LogP contribution in [0.3, 0.4) is 0 Å². The van der Waals surface area contributed by atoms with Crippen LogP contribution in [-0.4, -0.2) is 6.54 Å². The van der Waals surface area contributed by atoms with Crippen molar-refractivity contribution in [2.24, 2.45) is 0 Å².